The molecule has 1 heterocycles. The molecule has 0 nitrogen and oxygen atoms in total. The molecule has 0 radical (unpaired) electrons. The Hall–Kier alpha value is 0.430. The average Bonchev–Trinajstić information content (AvgIpc) is 2.85. The minimum atomic E-state index is 0.427. The van der Waals surface area contributed by atoms with Gasteiger partial charge in [-0.05, 0) is 55.5 Å². The van der Waals surface area contributed by atoms with Crippen LogP contribution in [-0.4, -0.2) is 17.0 Å². The van der Waals surface area contributed by atoms with E-state index in [9.17, 15) is 0 Å². The van der Waals surface area contributed by atoms with Crippen molar-refractivity contribution in [1.29, 1.82) is 0 Å². The molecule has 0 unspecified atom stereocenters. The smallest absolute Gasteiger partial charge is 0.0204 e. The SMILES string of the molecule is CC[C@@H]1CC[C@@H](CC)P1C1CCCC1. The van der Waals surface area contributed by atoms with Gasteiger partial charge in [0.1, 0.15) is 0 Å². The third kappa shape index (κ3) is 2.01. The fraction of sp³-hybridized carbons (Fsp3) is 1.00. The molecule has 0 bridgehead atoms. The second-order valence-corrected chi connectivity index (χ2v) is 8.17. The van der Waals surface area contributed by atoms with Crippen molar-refractivity contribution in [2.75, 3.05) is 0 Å². The van der Waals surface area contributed by atoms with Crippen LogP contribution in [0.1, 0.15) is 65.2 Å². The zero-order valence-electron chi connectivity index (χ0n) is 9.84. The van der Waals surface area contributed by atoms with Crippen LogP contribution in [0.4, 0.5) is 0 Å². The van der Waals surface area contributed by atoms with Crippen LogP contribution in [0.3, 0.4) is 0 Å². The van der Waals surface area contributed by atoms with Crippen molar-refractivity contribution in [3.8, 4) is 0 Å². The molecular weight excluding hydrogens is 187 g/mol. The average molecular weight is 212 g/mol. The molecule has 1 heteroatoms. The zero-order valence-corrected chi connectivity index (χ0v) is 10.7. The Morgan fingerprint density at radius 3 is 1.79 bits per heavy atom. The molecule has 0 aromatic heterocycles. The fourth-order valence-corrected chi connectivity index (χ4v) is 8.10. The van der Waals surface area contributed by atoms with Crippen LogP contribution in [-0.2, 0) is 0 Å². The molecule has 1 saturated carbocycles. The molecule has 2 atom stereocenters. The van der Waals surface area contributed by atoms with Crippen molar-refractivity contribution in [2.24, 2.45) is 0 Å². The molecule has 0 spiro atoms. The molecule has 0 amide bonds. The lowest BCUT2D eigenvalue weighted by Gasteiger charge is -2.30. The van der Waals surface area contributed by atoms with Crippen LogP contribution in [0, 0.1) is 0 Å². The first-order chi connectivity index (χ1) is 6.86. The monoisotopic (exact) mass is 212 g/mol. The van der Waals surface area contributed by atoms with Gasteiger partial charge in [0, 0.05) is 0 Å². The Morgan fingerprint density at radius 1 is 0.857 bits per heavy atom. The first-order valence-corrected chi connectivity index (χ1v) is 8.19. The quantitative estimate of drug-likeness (QED) is 0.591. The maximum absolute atomic E-state index is 2.42. The molecule has 1 aliphatic carbocycles. The lowest BCUT2D eigenvalue weighted by Crippen LogP contribution is -2.12. The minimum Gasteiger partial charge on any atom is -0.0972 e. The summed E-state index contributed by atoms with van der Waals surface area (Å²) in [6.07, 6.45) is 12.3. The minimum absolute atomic E-state index is 0.427. The highest BCUT2D eigenvalue weighted by atomic mass is 31.1. The summed E-state index contributed by atoms with van der Waals surface area (Å²) in [5.41, 5.74) is 3.48. The van der Waals surface area contributed by atoms with E-state index in [-0.39, 0.29) is 0 Å². The molecule has 0 aromatic carbocycles. The van der Waals surface area contributed by atoms with Gasteiger partial charge >= 0.3 is 0 Å². The Kier molecular flexibility index (Phi) is 3.88. The molecule has 2 fully saturated rings. The van der Waals surface area contributed by atoms with E-state index in [1.807, 2.05) is 0 Å². The maximum Gasteiger partial charge on any atom is -0.0204 e. The summed E-state index contributed by atoms with van der Waals surface area (Å²) in [6, 6.07) is 0. The fourth-order valence-electron chi connectivity index (χ4n) is 3.61. The summed E-state index contributed by atoms with van der Waals surface area (Å²) in [6.45, 7) is 4.85. The highest BCUT2D eigenvalue weighted by molar-refractivity contribution is 7.60. The standard InChI is InChI=1S/C13H25P/c1-3-11-9-10-12(4-2)14(11)13-7-5-6-8-13/h11-13H,3-10H2,1-2H3/t11-,12-/m1/s1. The van der Waals surface area contributed by atoms with Gasteiger partial charge < -0.3 is 0 Å². The van der Waals surface area contributed by atoms with E-state index in [0.29, 0.717) is 7.92 Å². The molecule has 2 rings (SSSR count). The number of rotatable bonds is 3. The van der Waals surface area contributed by atoms with Crippen LogP contribution >= 0.6 is 7.92 Å². The van der Waals surface area contributed by atoms with Gasteiger partial charge in [-0.1, -0.05) is 34.6 Å². The van der Waals surface area contributed by atoms with Crippen molar-refractivity contribution >= 4 is 7.92 Å². The molecule has 1 aliphatic heterocycles. The Bertz CT molecular complexity index is 160. The number of hydrogen-bond donors (Lipinski definition) is 0. The van der Waals surface area contributed by atoms with Gasteiger partial charge in [-0.15, -0.1) is 0 Å². The van der Waals surface area contributed by atoms with Gasteiger partial charge in [-0.2, -0.15) is 0 Å². The third-order valence-electron chi connectivity index (χ3n) is 4.37. The normalized spacial score (nSPS) is 35.6. The molecule has 2 aliphatic rings. The Labute approximate surface area is 90.6 Å². The van der Waals surface area contributed by atoms with Gasteiger partial charge in [0.15, 0.2) is 0 Å². The van der Waals surface area contributed by atoms with Crippen molar-refractivity contribution in [3.63, 3.8) is 0 Å². The molecular formula is C13H25P. The van der Waals surface area contributed by atoms with Gasteiger partial charge in [0.05, 0.1) is 0 Å². The van der Waals surface area contributed by atoms with Crippen LogP contribution in [0.25, 0.3) is 0 Å². The van der Waals surface area contributed by atoms with E-state index in [1.165, 1.54) is 31.3 Å². The maximum atomic E-state index is 2.42. The topological polar surface area (TPSA) is 0 Å². The van der Waals surface area contributed by atoms with Crippen LogP contribution in [0.15, 0.2) is 0 Å². The van der Waals surface area contributed by atoms with E-state index < -0.39 is 0 Å². The summed E-state index contributed by atoms with van der Waals surface area (Å²) in [5, 5.41) is 0. The Morgan fingerprint density at radius 2 is 1.36 bits per heavy atom. The molecule has 0 aromatic rings. The first-order valence-electron chi connectivity index (χ1n) is 6.64. The van der Waals surface area contributed by atoms with Gasteiger partial charge in [-0.25, -0.2) is 0 Å². The molecule has 14 heavy (non-hydrogen) atoms. The van der Waals surface area contributed by atoms with E-state index >= 15 is 0 Å². The van der Waals surface area contributed by atoms with Crippen molar-refractivity contribution in [3.05, 3.63) is 0 Å². The highest BCUT2D eigenvalue weighted by Gasteiger charge is 2.39. The molecule has 1 saturated heterocycles. The van der Waals surface area contributed by atoms with E-state index in [2.05, 4.69) is 13.8 Å². The number of hydrogen-bond acceptors (Lipinski definition) is 0. The highest BCUT2D eigenvalue weighted by Crippen LogP contribution is 2.64. The van der Waals surface area contributed by atoms with Gasteiger partial charge in [-0.3, -0.25) is 0 Å². The lowest BCUT2D eigenvalue weighted by molar-refractivity contribution is 0.696. The van der Waals surface area contributed by atoms with Crippen LogP contribution in [0.5, 0.6) is 0 Å². The van der Waals surface area contributed by atoms with Crippen molar-refractivity contribution < 1.29 is 0 Å². The summed E-state index contributed by atoms with van der Waals surface area (Å²) in [7, 11) is 0.427. The second-order valence-electron chi connectivity index (χ2n) is 5.09. The molecule has 82 valence electrons. The van der Waals surface area contributed by atoms with Crippen molar-refractivity contribution in [1.82, 2.24) is 0 Å². The van der Waals surface area contributed by atoms with E-state index in [4.69, 9.17) is 0 Å². The predicted molar refractivity (Wildman–Crippen MR) is 66.6 cm³/mol. The lowest BCUT2D eigenvalue weighted by atomic mass is 10.1. The van der Waals surface area contributed by atoms with Gasteiger partial charge in [0.25, 0.3) is 0 Å². The Balaban J connectivity index is 2.02. The van der Waals surface area contributed by atoms with Crippen LogP contribution < -0.4 is 0 Å². The third-order valence-corrected chi connectivity index (χ3v) is 8.66. The zero-order chi connectivity index (χ0) is 9.97. The van der Waals surface area contributed by atoms with Crippen molar-refractivity contribution in [2.45, 2.75) is 82.2 Å². The molecule has 0 N–H and O–H groups in total. The van der Waals surface area contributed by atoms with E-state index in [0.717, 1.165) is 11.3 Å². The summed E-state index contributed by atoms with van der Waals surface area (Å²) in [4.78, 5) is 0. The summed E-state index contributed by atoms with van der Waals surface area (Å²) in [5.74, 6) is 0. The van der Waals surface area contributed by atoms with Gasteiger partial charge in [0.2, 0.25) is 0 Å². The first kappa shape index (κ1) is 10.9. The predicted octanol–water partition coefficient (Wildman–Crippen LogP) is 4.76. The van der Waals surface area contributed by atoms with Crippen LogP contribution in [0.2, 0.25) is 0 Å². The second kappa shape index (κ2) is 4.97. The summed E-state index contributed by atoms with van der Waals surface area (Å²) >= 11 is 0. The summed E-state index contributed by atoms with van der Waals surface area (Å²) < 4.78 is 0. The van der Waals surface area contributed by atoms with E-state index in [1.54, 1.807) is 25.7 Å². The largest absolute Gasteiger partial charge is 0.0972 e.